The Bertz CT molecular complexity index is 344. The molecule has 2 aliphatic heterocycles. The third kappa shape index (κ3) is 3.44. The summed E-state index contributed by atoms with van der Waals surface area (Å²) in [6, 6.07) is 0.592. The van der Waals surface area contributed by atoms with E-state index in [2.05, 4.69) is 4.90 Å². The van der Waals surface area contributed by atoms with Crippen molar-refractivity contribution >= 4 is 10.0 Å². The highest BCUT2D eigenvalue weighted by molar-refractivity contribution is 7.89. The Morgan fingerprint density at radius 3 is 2.17 bits per heavy atom. The number of hydrogen-bond acceptors (Lipinski definition) is 4. The average Bonchev–Trinajstić information content (AvgIpc) is 2.40. The average molecular weight is 275 g/mol. The second-order valence-electron chi connectivity index (χ2n) is 5.33. The van der Waals surface area contributed by atoms with Gasteiger partial charge in [-0.05, 0) is 38.8 Å². The number of likely N-dealkylation sites (tertiary alicyclic amines) is 1. The van der Waals surface area contributed by atoms with Gasteiger partial charge >= 0.3 is 0 Å². The summed E-state index contributed by atoms with van der Waals surface area (Å²) in [6.07, 6.45) is 5.89. The molecule has 0 atom stereocenters. The molecule has 6 heteroatoms. The Balaban J connectivity index is 1.84. The third-order valence-electron chi connectivity index (χ3n) is 4.10. The molecule has 0 amide bonds. The zero-order chi connectivity index (χ0) is 13.0. The summed E-state index contributed by atoms with van der Waals surface area (Å²) < 4.78 is 25.4. The smallest absolute Gasteiger partial charge is 0.215 e. The van der Waals surface area contributed by atoms with E-state index in [4.69, 9.17) is 5.73 Å². The van der Waals surface area contributed by atoms with Crippen LogP contribution >= 0.6 is 0 Å². The van der Waals surface area contributed by atoms with Gasteiger partial charge < -0.3 is 10.6 Å². The topological polar surface area (TPSA) is 66.6 Å². The van der Waals surface area contributed by atoms with Crippen LogP contribution in [-0.4, -0.2) is 62.1 Å². The van der Waals surface area contributed by atoms with Crippen LogP contribution in [0.4, 0.5) is 0 Å². The molecule has 0 aromatic heterocycles. The van der Waals surface area contributed by atoms with Crippen LogP contribution in [0.1, 0.15) is 32.1 Å². The van der Waals surface area contributed by atoms with Gasteiger partial charge in [0, 0.05) is 25.7 Å². The zero-order valence-corrected chi connectivity index (χ0v) is 11.9. The van der Waals surface area contributed by atoms with Crippen LogP contribution in [-0.2, 0) is 10.0 Å². The van der Waals surface area contributed by atoms with Gasteiger partial charge in [-0.3, -0.25) is 0 Å². The monoisotopic (exact) mass is 275 g/mol. The molecule has 0 bridgehead atoms. The quantitative estimate of drug-likeness (QED) is 0.797. The zero-order valence-electron chi connectivity index (χ0n) is 11.1. The minimum atomic E-state index is -3.10. The standard InChI is InChI=1S/C12H25N3O2S/c13-6-11-18(16,17)15-9-4-12(5-10-15)14-7-2-1-3-8-14/h12H,1-11,13H2. The van der Waals surface area contributed by atoms with Crippen molar-refractivity contribution in [2.75, 3.05) is 38.5 Å². The summed E-state index contributed by atoms with van der Waals surface area (Å²) in [6.45, 7) is 3.95. The molecule has 0 aliphatic carbocycles. The summed E-state index contributed by atoms with van der Waals surface area (Å²) in [7, 11) is -3.10. The largest absolute Gasteiger partial charge is 0.329 e. The molecular formula is C12H25N3O2S. The first kappa shape index (κ1) is 14.2. The molecule has 0 aromatic rings. The van der Waals surface area contributed by atoms with Crippen LogP contribution < -0.4 is 5.73 Å². The van der Waals surface area contributed by atoms with Crippen molar-refractivity contribution in [3.63, 3.8) is 0 Å². The summed E-state index contributed by atoms with van der Waals surface area (Å²) >= 11 is 0. The van der Waals surface area contributed by atoms with Gasteiger partial charge in [-0.2, -0.15) is 0 Å². The normalized spacial score (nSPS) is 25.4. The lowest BCUT2D eigenvalue weighted by molar-refractivity contribution is 0.118. The maximum absolute atomic E-state index is 11.9. The minimum absolute atomic E-state index is 0.0847. The van der Waals surface area contributed by atoms with Gasteiger partial charge in [-0.1, -0.05) is 6.42 Å². The van der Waals surface area contributed by atoms with Gasteiger partial charge in [0.15, 0.2) is 0 Å². The van der Waals surface area contributed by atoms with Gasteiger partial charge in [-0.15, -0.1) is 0 Å². The molecule has 0 aromatic carbocycles. The molecule has 2 aliphatic rings. The lowest BCUT2D eigenvalue weighted by Crippen LogP contribution is -2.48. The van der Waals surface area contributed by atoms with Crippen LogP contribution in [0.5, 0.6) is 0 Å². The van der Waals surface area contributed by atoms with Crippen molar-refractivity contribution in [1.82, 2.24) is 9.21 Å². The van der Waals surface area contributed by atoms with Gasteiger partial charge in [0.2, 0.25) is 10.0 Å². The first-order chi connectivity index (χ1) is 8.63. The van der Waals surface area contributed by atoms with E-state index in [-0.39, 0.29) is 12.3 Å². The predicted molar refractivity (Wildman–Crippen MR) is 72.9 cm³/mol. The Labute approximate surface area is 110 Å². The van der Waals surface area contributed by atoms with Crippen LogP contribution in [0.25, 0.3) is 0 Å². The molecule has 5 nitrogen and oxygen atoms in total. The summed E-state index contributed by atoms with van der Waals surface area (Å²) in [5.74, 6) is 0.0847. The van der Waals surface area contributed by atoms with E-state index in [0.717, 1.165) is 12.8 Å². The fraction of sp³-hybridized carbons (Fsp3) is 1.00. The van der Waals surface area contributed by atoms with Crippen LogP contribution in [0, 0.1) is 0 Å². The van der Waals surface area contributed by atoms with E-state index in [1.807, 2.05) is 0 Å². The highest BCUT2D eigenvalue weighted by atomic mass is 32.2. The van der Waals surface area contributed by atoms with Crippen LogP contribution in [0.3, 0.4) is 0 Å². The van der Waals surface area contributed by atoms with Gasteiger partial charge in [0.25, 0.3) is 0 Å². The summed E-state index contributed by atoms with van der Waals surface area (Å²) in [5, 5.41) is 0. The molecule has 2 heterocycles. The molecule has 0 spiro atoms. The van der Waals surface area contributed by atoms with Crippen molar-refractivity contribution in [3.8, 4) is 0 Å². The van der Waals surface area contributed by atoms with Crippen molar-refractivity contribution in [3.05, 3.63) is 0 Å². The number of nitrogens with two attached hydrogens (primary N) is 1. The predicted octanol–water partition coefficient (Wildman–Crippen LogP) is 0.225. The highest BCUT2D eigenvalue weighted by Gasteiger charge is 2.30. The number of hydrogen-bond donors (Lipinski definition) is 1. The molecule has 0 saturated carbocycles. The first-order valence-corrected chi connectivity index (χ1v) is 8.66. The summed E-state index contributed by atoms with van der Waals surface area (Å²) in [5.41, 5.74) is 5.35. The Kier molecular flexibility index (Phi) is 5.00. The van der Waals surface area contributed by atoms with Gasteiger partial charge in [0.1, 0.15) is 0 Å². The van der Waals surface area contributed by atoms with Crippen molar-refractivity contribution in [2.24, 2.45) is 5.73 Å². The van der Waals surface area contributed by atoms with E-state index in [1.54, 1.807) is 4.31 Å². The fourth-order valence-electron chi connectivity index (χ4n) is 3.05. The molecule has 2 N–H and O–H groups in total. The SMILES string of the molecule is NCCS(=O)(=O)N1CCC(N2CCCCC2)CC1. The molecule has 18 heavy (non-hydrogen) atoms. The van der Waals surface area contributed by atoms with E-state index >= 15 is 0 Å². The lowest BCUT2D eigenvalue weighted by Gasteiger charge is -2.39. The second kappa shape index (κ2) is 6.32. The molecular weight excluding hydrogens is 250 g/mol. The Morgan fingerprint density at radius 1 is 1.00 bits per heavy atom. The maximum atomic E-state index is 11.9. The van der Waals surface area contributed by atoms with Gasteiger partial charge in [-0.25, -0.2) is 12.7 Å². The Hall–Kier alpha value is -0.170. The van der Waals surface area contributed by atoms with Crippen molar-refractivity contribution < 1.29 is 8.42 Å². The molecule has 106 valence electrons. The molecule has 0 radical (unpaired) electrons. The number of piperidine rings is 2. The summed E-state index contributed by atoms with van der Waals surface area (Å²) in [4.78, 5) is 2.55. The van der Waals surface area contributed by atoms with E-state index in [9.17, 15) is 8.42 Å². The van der Waals surface area contributed by atoms with Crippen molar-refractivity contribution in [2.45, 2.75) is 38.1 Å². The number of rotatable bonds is 4. The lowest BCUT2D eigenvalue weighted by atomic mass is 10.0. The number of sulfonamides is 1. The minimum Gasteiger partial charge on any atom is -0.329 e. The first-order valence-electron chi connectivity index (χ1n) is 7.05. The highest BCUT2D eigenvalue weighted by Crippen LogP contribution is 2.22. The van der Waals surface area contributed by atoms with Crippen LogP contribution in [0.15, 0.2) is 0 Å². The van der Waals surface area contributed by atoms with Crippen LogP contribution in [0.2, 0.25) is 0 Å². The third-order valence-corrected chi connectivity index (χ3v) is 6.00. The van der Waals surface area contributed by atoms with E-state index in [0.29, 0.717) is 19.1 Å². The van der Waals surface area contributed by atoms with Gasteiger partial charge in [0.05, 0.1) is 5.75 Å². The van der Waals surface area contributed by atoms with E-state index < -0.39 is 10.0 Å². The van der Waals surface area contributed by atoms with E-state index in [1.165, 1.54) is 32.4 Å². The molecule has 2 saturated heterocycles. The second-order valence-corrected chi connectivity index (χ2v) is 7.42. The molecule has 2 rings (SSSR count). The Morgan fingerprint density at radius 2 is 1.61 bits per heavy atom. The fourth-order valence-corrected chi connectivity index (χ4v) is 4.37. The van der Waals surface area contributed by atoms with Crippen molar-refractivity contribution in [1.29, 1.82) is 0 Å². The molecule has 2 fully saturated rings. The molecule has 0 unspecified atom stereocenters. The maximum Gasteiger partial charge on any atom is 0.215 e. The number of nitrogens with zero attached hydrogens (tertiary/aromatic N) is 2.